The van der Waals surface area contributed by atoms with Gasteiger partial charge in [-0.15, -0.1) is 10.2 Å². The van der Waals surface area contributed by atoms with Crippen LogP contribution >= 0.6 is 0 Å². The quantitative estimate of drug-likeness (QED) is 0.463. The summed E-state index contributed by atoms with van der Waals surface area (Å²) in [5, 5.41) is 9.14. The van der Waals surface area contributed by atoms with Crippen molar-refractivity contribution in [1.29, 1.82) is 0 Å². The molecule has 1 aromatic heterocycles. The van der Waals surface area contributed by atoms with Crippen LogP contribution in [-0.2, 0) is 4.79 Å². The fraction of sp³-hybridized carbons (Fsp3) is 0.560. The summed E-state index contributed by atoms with van der Waals surface area (Å²) < 4.78 is 0. The predicted molar refractivity (Wildman–Crippen MR) is 130 cm³/mol. The number of carbonyl (C=O) groups excluding carboxylic acids is 1. The molecule has 6 heteroatoms. The Bertz CT molecular complexity index is 832. The van der Waals surface area contributed by atoms with Gasteiger partial charge in [0.05, 0.1) is 5.69 Å². The summed E-state index contributed by atoms with van der Waals surface area (Å²) in [6.45, 7) is 19.0. The van der Waals surface area contributed by atoms with Crippen LogP contribution in [0.3, 0.4) is 0 Å². The minimum absolute atomic E-state index is 0.0318. The van der Waals surface area contributed by atoms with E-state index < -0.39 is 0 Å². The number of nitrogens with zero attached hydrogens (tertiary/aromatic N) is 5. The number of likely N-dealkylation sites (N-methyl/N-ethyl adjacent to an activating group) is 1. The van der Waals surface area contributed by atoms with Gasteiger partial charge in [-0.3, -0.25) is 9.69 Å². The van der Waals surface area contributed by atoms with E-state index >= 15 is 0 Å². The van der Waals surface area contributed by atoms with E-state index in [-0.39, 0.29) is 5.91 Å². The maximum absolute atomic E-state index is 12.3. The van der Waals surface area contributed by atoms with Crippen LogP contribution in [0.15, 0.2) is 36.4 Å². The van der Waals surface area contributed by atoms with Crippen molar-refractivity contribution in [3.05, 3.63) is 47.7 Å². The normalized spacial score (nSPS) is 16.8. The first-order valence-corrected chi connectivity index (χ1v) is 11.3. The zero-order valence-corrected chi connectivity index (χ0v) is 20.4. The predicted octanol–water partition coefficient (Wildman–Crippen LogP) is 4.12. The summed E-state index contributed by atoms with van der Waals surface area (Å²) >= 11 is 0. The summed E-state index contributed by atoms with van der Waals surface area (Å²) in [6.07, 6.45) is 6.50. The fourth-order valence-corrected chi connectivity index (χ4v) is 3.68. The van der Waals surface area contributed by atoms with Crippen molar-refractivity contribution in [2.24, 2.45) is 0 Å². The van der Waals surface area contributed by atoms with Crippen LogP contribution < -0.4 is 4.90 Å². The third kappa shape index (κ3) is 6.26. The summed E-state index contributed by atoms with van der Waals surface area (Å²) in [5.74, 6) is 1.25. The Morgan fingerprint density at radius 3 is 2.32 bits per heavy atom. The van der Waals surface area contributed by atoms with Crippen LogP contribution in [0.2, 0.25) is 0 Å². The van der Waals surface area contributed by atoms with E-state index in [2.05, 4.69) is 60.3 Å². The molecule has 1 saturated heterocycles. The number of hydrogen-bond donors (Lipinski definition) is 0. The molecule has 0 spiro atoms. The molecule has 6 nitrogen and oxygen atoms in total. The van der Waals surface area contributed by atoms with E-state index in [1.807, 2.05) is 25.2 Å². The van der Waals surface area contributed by atoms with Crippen molar-refractivity contribution < 1.29 is 4.79 Å². The minimum Gasteiger partial charge on any atom is -0.353 e. The zero-order chi connectivity index (χ0) is 23.1. The molecule has 1 fully saturated rings. The van der Waals surface area contributed by atoms with Gasteiger partial charge in [0.15, 0.2) is 5.82 Å². The van der Waals surface area contributed by atoms with Crippen molar-refractivity contribution in [3.63, 3.8) is 0 Å². The van der Waals surface area contributed by atoms with Gasteiger partial charge in [-0.1, -0.05) is 32.6 Å². The van der Waals surface area contributed by atoms with Crippen LogP contribution in [-0.4, -0.2) is 72.2 Å². The lowest BCUT2D eigenvalue weighted by Crippen LogP contribution is -2.49. The molecule has 0 aromatic carbocycles. The van der Waals surface area contributed by atoms with Crippen LogP contribution in [0.4, 0.5) is 5.82 Å². The smallest absolute Gasteiger partial charge is 0.252 e. The van der Waals surface area contributed by atoms with E-state index in [1.165, 1.54) is 0 Å². The first-order valence-electron chi connectivity index (χ1n) is 11.3. The van der Waals surface area contributed by atoms with Gasteiger partial charge in [0.1, 0.15) is 0 Å². The van der Waals surface area contributed by atoms with Crippen molar-refractivity contribution in [3.8, 4) is 0 Å². The van der Waals surface area contributed by atoms with Crippen LogP contribution in [0, 0.1) is 0 Å². The second kappa shape index (κ2) is 11.2. The molecule has 1 unspecified atom stereocenters. The number of amides is 1. The summed E-state index contributed by atoms with van der Waals surface area (Å²) in [5.41, 5.74) is 3.37. The molecule has 0 bridgehead atoms. The van der Waals surface area contributed by atoms with Gasteiger partial charge in [0.2, 0.25) is 0 Å². The lowest BCUT2D eigenvalue weighted by atomic mass is 9.94. The third-order valence-corrected chi connectivity index (χ3v) is 6.05. The minimum atomic E-state index is -0.0318. The highest BCUT2D eigenvalue weighted by molar-refractivity contribution is 5.96. The molecule has 1 amide bonds. The Labute approximate surface area is 188 Å². The molecule has 0 aliphatic carbocycles. The fourth-order valence-electron chi connectivity index (χ4n) is 3.68. The molecule has 1 aliphatic rings. The van der Waals surface area contributed by atoms with E-state index in [9.17, 15) is 4.79 Å². The average Bonchev–Trinajstić information content (AvgIpc) is 2.78. The second-order valence-corrected chi connectivity index (χ2v) is 8.73. The highest BCUT2D eigenvalue weighted by atomic mass is 16.2. The number of allylic oxidation sites excluding steroid dienone is 3. The van der Waals surface area contributed by atoms with E-state index in [1.54, 1.807) is 19.0 Å². The summed E-state index contributed by atoms with van der Waals surface area (Å²) in [6, 6.07) is 2.75. The first-order chi connectivity index (χ1) is 14.7. The second-order valence-electron chi connectivity index (χ2n) is 8.73. The molecule has 0 N–H and O–H groups in total. The number of anilines is 1. The van der Waals surface area contributed by atoms with Crippen molar-refractivity contribution in [2.45, 2.75) is 53.0 Å². The molecular formula is C25H39N5O. The third-order valence-electron chi connectivity index (χ3n) is 6.05. The molecular weight excluding hydrogens is 386 g/mol. The number of hydrogen-bond acceptors (Lipinski definition) is 5. The van der Waals surface area contributed by atoms with Crippen molar-refractivity contribution >= 4 is 17.3 Å². The highest BCUT2D eigenvalue weighted by Crippen LogP contribution is 2.29. The Morgan fingerprint density at radius 1 is 1.16 bits per heavy atom. The SMILES string of the molecule is C=C(/C=C\C(=C/C)C(=O)N(C)C)c1nnc(N2CCN(C(C)C)CC2)cc1C(C)CC. The average molecular weight is 426 g/mol. The molecule has 0 saturated carbocycles. The monoisotopic (exact) mass is 425 g/mol. The van der Waals surface area contributed by atoms with E-state index in [0.717, 1.165) is 55.2 Å². The Hall–Kier alpha value is -2.47. The van der Waals surface area contributed by atoms with Gasteiger partial charge in [0.25, 0.3) is 5.91 Å². The number of rotatable bonds is 8. The standard InChI is InChI=1S/C25H39N5O/c1-9-19(5)22-17-23(30-15-13-29(14-16-30)18(3)4)26-27-24(22)20(6)11-12-21(10-2)25(31)28(7)8/h10-12,17-19H,6,9,13-16H2,1-5,7-8H3/b12-11-,21-10+. The largest absolute Gasteiger partial charge is 0.353 e. The van der Waals surface area contributed by atoms with Crippen molar-refractivity contribution in [1.82, 2.24) is 20.0 Å². The molecule has 0 radical (unpaired) electrons. The first kappa shape index (κ1) is 24.8. The van der Waals surface area contributed by atoms with Gasteiger partial charge in [-0.05, 0) is 56.4 Å². The zero-order valence-electron chi connectivity index (χ0n) is 20.4. The summed E-state index contributed by atoms with van der Waals surface area (Å²) in [7, 11) is 3.50. The molecule has 1 atom stereocenters. The van der Waals surface area contributed by atoms with Gasteiger partial charge in [0, 0.05) is 51.9 Å². The summed E-state index contributed by atoms with van der Waals surface area (Å²) in [4.78, 5) is 18.7. The van der Waals surface area contributed by atoms with E-state index in [4.69, 9.17) is 0 Å². The lowest BCUT2D eigenvalue weighted by Gasteiger charge is -2.37. The number of carbonyl (C=O) groups is 1. The van der Waals surface area contributed by atoms with Crippen LogP contribution in [0.25, 0.3) is 5.57 Å². The maximum atomic E-state index is 12.3. The van der Waals surface area contributed by atoms with Gasteiger partial charge in [-0.2, -0.15) is 0 Å². The molecule has 2 heterocycles. The number of piperazine rings is 1. The maximum Gasteiger partial charge on any atom is 0.252 e. The Balaban J connectivity index is 2.27. The lowest BCUT2D eigenvalue weighted by molar-refractivity contribution is -0.124. The molecule has 31 heavy (non-hydrogen) atoms. The highest BCUT2D eigenvalue weighted by Gasteiger charge is 2.22. The molecule has 1 aliphatic heterocycles. The van der Waals surface area contributed by atoms with Crippen molar-refractivity contribution in [2.75, 3.05) is 45.2 Å². The van der Waals surface area contributed by atoms with Crippen LogP contribution in [0.5, 0.6) is 0 Å². The Morgan fingerprint density at radius 2 is 1.81 bits per heavy atom. The van der Waals surface area contributed by atoms with Gasteiger partial charge < -0.3 is 9.80 Å². The Kier molecular flexibility index (Phi) is 8.99. The molecule has 2 rings (SSSR count). The molecule has 1 aromatic rings. The van der Waals surface area contributed by atoms with Crippen LogP contribution in [0.1, 0.15) is 58.2 Å². The number of aromatic nitrogens is 2. The van der Waals surface area contributed by atoms with Gasteiger partial charge >= 0.3 is 0 Å². The van der Waals surface area contributed by atoms with Gasteiger partial charge in [-0.25, -0.2) is 0 Å². The topological polar surface area (TPSA) is 52.6 Å². The van der Waals surface area contributed by atoms with E-state index in [0.29, 0.717) is 17.5 Å². The molecule has 170 valence electrons.